The number of carbonyl (C=O) groups is 1. The maximum Gasteiger partial charge on any atom is 0.244 e. The third kappa shape index (κ3) is 5.21. The summed E-state index contributed by atoms with van der Waals surface area (Å²) in [6, 6.07) is 6.58. The number of phenols is 1. The van der Waals surface area contributed by atoms with Gasteiger partial charge in [-0.2, -0.15) is 5.10 Å². The summed E-state index contributed by atoms with van der Waals surface area (Å²) in [5.74, 6) is 0.687. The highest BCUT2D eigenvalue weighted by molar-refractivity contribution is 6.43. The standard InChI is InChI=1S/C19H20Cl2N2O5/c1-4-28-16-9-13(20)18(21)12(19(16)25)10-22-23-17(24)8-11-5-6-14(26-2)15(7-11)27-3/h5-7,9-10,25H,4,8H2,1-3H3,(H,23,24). The lowest BCUT2D eigenvalue weighted by molar-refractivity contribution is -0.120. The number of carbonyl (C=O) groups excluding carboxylic acids is 1. The number of aromatic hydroxyl groups is 1. The maximum atomic E-state index is 12.1. The summed E-state index contributed by atoms with van der Waals surface area (Å²) in [4.78, 5) is 12.1. The van der Waals surface area contributed by atoms with E-state index in [0.717, 1.165) is 0 Å². The Hall–Kier alpha value is -2.64. The van der Waals surface area contributed by atoms with Crippen molar-refractivity contribution in [3.05, 3.63) is 45.4 Å². The van der Waals surface area contributed by atoms with Crippen LogP contribution in [0.2, 0.25) is 10.0 Å². The molecular weight excluding hydrogens is 407 g/mol. The molecule has 2 aromatic rings. The molecule has 0 spiro atoms. The Morgan fingerprint density at radius 2 is 1.89 bits per heavy atom. The van der Waals surface area contributed by atoms with Gasteiger partial charge >= 0.3 is 0 Å². The van der Waals surface area contributed by atoms with Gasteiger partial charge in [-0.05, 0) is 24.6 Å². The first kappa shape index (κ1) is 21.7. The minimum Gasteiger partial charge on any atom is -0.504 e. The number of hydrogen-bond donors (Lipinski definition) is 2. The molecule has 0 aliphatic carbocycles. The number of halogens is 2. The second kappa shape index (κ2) is 10.1. The number of amides is 1. The van der Waals surface area contributed by atoms with Crippen LogP contribution in [0.15, 0.2) is 29.4 Å². The van der Waals surface area contributed by atoms with Crippen molar-refractivity contribution < 1.29 is 24.1 Å². The van der Waals surface area contributed by atoms with E-state index in [1.807, 2.05) is 0 Å². The summed E-state index contributed by atoms with van der Waals surface area (Å²) < 4.78 is 15.7. The number of nitrogens with zero attached hydrogens (tertiary/aromatic N) is 1. The molecule has 2 aromatic carbocycles. The number of phenolic OH excluding ortho intramolecular Hbond substituents is 1. The van der Waals surface area contributed by atoms with Gasteiger partial charge in [-0.1, -0.05) is 29.3 Å². The first-order valence-corrected chi connectivity index (χ1v) is 9.03. The van der Waals surface area contributed by atoms with Crippen molar-refractivity contribution in [2.24, 2.45) is 5.10 Å². The van der Waals surface area contributed by atoms with E-state index >= 15 is 0 Å². The lowest BCUT2D eigenvalue weighted by atomic mass is 10.1. The predicted octanol–water partition coefficient (Wildman–Crippen LogP) is 3.81. The molecule has 0 aliphatic heterocycles. The summed E-state index contributed by atoms with van der Waals surface area (Å²) in [5, 5.41) is 14.4. The highest BCUT2D eigenvalue weighted by Crippen LogP contribution is 2.39. The zero-order chi connectivity index (χ0) is 20.7. The molecule has 0 fully saturated rings. The summed E-state index contributed by atoms with van der Waals surface area (Å²) >= 11 is 12.1. The lowest BCUT2D eigenvalue weighted by Gasteiger charge is -2.11. The van der Waals surface area contributed by atoms with Crippen LogP contribution >= 0.6 is 23.2 Å². The number of hydrazone groups is 1. The van der Waals surface area contributed by atoms with Gasteiger partial charge in [0.25, 0.3) is 0 Å². The van der Waals surface area contributed by atoms with Gasteiger partial charge in [0, 0.05) is 6.07 Å². The van der Waals surface area contributed by atoms with Crippen molar-refractivity contribution in [3.63, 3.8) is 0 Å². The largest absolute Gasteiger partial charge is 0.504 e. The average Bonchev–Trinajstić information content (AvgIpc) is 2.68. The van der Waals surface area contributed by atoms with Crippen LogP contribution in [0.4, 0.5) is 0 Å². The summed E-state index contributed by atoms with van der Waals surface area (Å²) in [6.45, 7) is 2.11. The third-order valence-corrected chi connectivity index (χ3v) is 4.49. The van der Waals surface area contributed by atoms with E-state index < -0.39 is 0 Å². The minimum atomic E-state index is -0.369. The van der Waals surface area contributed by atoms with E-state index in [1.165, 1.54) is 26.5 Å². The zero-order valence-corrected chi connectivity index (χ0v) is 17.1. The molecule has 0 saturated heterocycles. The van der Waals surface area contributed by atoms with Gasteiger partial charge in [-0.3, -0.25) is 4.79 Å². The number of nitrogens with one attached hydrogen (secondary N) is 1. The molecule has 28 heavy (non-hydrogen) atoms. The lowest BCUT2D eigenvalue weighted by Crippen LogP contribution is -2.19. The molecule has 0 aromatic heterocycles. The molecule has 1 amide bonds. The van der Waals surface area contributed by atoms with Crippen LogP contribution in [0.3, 0.4) is 0 Å². The Kier molecular flexibility index (Phi) is 7.78. The normalized spacial score (nSPS) is 10.8. The smallest absolute Gasteiger partial charge is 0.244 e. The van der Waals surface area contributed by atoms with Crippen LogP contribution in [-0.4, -0.2) is 38.1 Å². The molecule has 0 saturated carbocycles. The first-order valence-electron chi connectivity index (χ1n) is 8.27. The molecule has 7 nitrogen and oxygen atoms in total. The minimum absolute atomic E-state index is 0.0666. The van der Waals surface area contributed by atoms with Crippen LogP contribution in [0.25, 0.3) is 0 Å². The molecular formula is C19H20Cl2N2O5. The predicted molar refractivity (Wildman–Crippen MR) is 108 cm³/mol. The first-order chi connectivity index (χ1) is 13.4. The van der Waals surface area contributed by atoms with E-state index in [-0.39, 0.29) is 39.4 Å². The van der Waals surface area contributed by atoms with E-state index in [0.29, 0.717) is 23.7 Å². The number of methoxy groups -OCH3 is 2. The highest BCUT2D eigenvalue weighted by atomic mass is 35.5. The van der Waals surface area contributed by atoms with Crippen molar-refractivity contribution in [1.82, 2.24) is 5.43 Å². The molecule has 0 unspecified atom stereocenters. The molecule has 0 atom stereocenters. The highest BCUT2D eigenvalue weighted by Gasteiger charge is 2.15. The van der Waals surface area contributed by atoms with Crippen LogP contribution < -0.4 is 19.6 Å². The zero-order valence-electron chi connectivity index (χ0n) is 15.6. The van der Waals surface area contributed by atoms with E-state index in [2.05, 4.69) is 10.5 Å². The molecule has 9 heteroatoms. The molecule has 0 bridgehead atoms. The van der Waals surface area contributed by atoms with Crippen LogP contribution in [0.5, 0.6) is 23.0 Å². The quantitative estimate of drug-likeness (QED) is 0.494. The maximum absolute atomic E-state index is 12.1. The third-order valence-electron chi connectivity index (χ3n) is 3.69. The van der Waals surface area contributed by atoms with E-state index in [9.17, 15) is 9.90 Å². The molecule has 0 radical (unpaired) electrons. The molecule has 150 valence electrons. The Labute approximate surface area is 172 Å². The van der Waals surface area contributed by atoms with Crippen molar-refractivity contribution >= 4 is 35.3 Å². The molecule has 0 aliphatic rings. The Bertz CT molecular complexity index is 887. The number of benzene rings is 2. The molecule has 2 N–H and O–H groups in total. The van der Waals surface area contributed by atoms with Gasteiger partial charge in [0.1, 0.15) is 0 Å². The van der Waals surface area contributed by atoms with Crippen molar-refractivity contribution in [2.45, 2.75) is 13.3 Å². The van der Waals surface area contributed by atoms with Gasteiger partial charge in [-0.15, -0.1) is 0 Å². The van der Waals surface area contributed by atoms with Gasteiger partial charge in [0.15, 0.2) is 23.0 Å². The van der Waals surface area contributed by atoms with Crippen molar-refractivity contribution in [2.75, 3.05) is 20.8 Å². The second-order valence-electron chi connectivity index (χ2n) is 5.53. The molecule has 0 heterocycles. The topological polar surface area (TPSA) is 89.4 Å². The van der Waals surface area contributed by atoms with Gasteiger partial charge in [-0.25, -0.2) is 5.43 Å². The SMILES string of the molecule is CCOc1cc(Cl)c(Cl)c(C=NNC(=O)Cc2ccc(OC)c(OC)c2)c1O. The van der Waals surface area contributed by atoms with Crippen LogP contribution in [0, 0.1) is 0 Å². The van der Waals surface area contributed by atoms with Gasteiger partial charge < -0.3 is 19.3 Å². The van der Waals surface area contributed by atoms with E-state index in [4.69, 9.17) is 37.4 Å². The second-order valence-corrected chi connectivity index (χ2v) is 6.31. The number of ether oxygens (including phenoxy) is 3. The van der Waals surface area contributed by atoms with Crippen LogP contribution in [0.1, 0.15) is 18.1 Å². The monoisotopic (exact) mass is 426 g/mol. The Morgan fingerprint density at radius 1 is 1.18 bits per heavy atom. The number of rotatable bonds is 8. The fourth-order valence-corrected chi connectivity index (χ4v) is 2.77. The fraction of sp³-hybridized carbons (Fsp3) is 0.263. The molecule has 2 rings (SSSR count). The van der Waals surface area contributed by atoms with Gasteiger partial charge in [0.2, 0.25) is 5.91 Å². The van der Waals surface area contributed by atoms with Crippen molar-refractivity contribution in [3.8, 4) is 23.0 Å². The Morgan fingerprint density at radius 3 is 2.54 bits per heavy atom. The van der Waals surface area contributed by atoms with Gasteiger partial charge in [0.05, 0.1) is 49.1 Å². The van der Waals surface area contributed by atoms with Crippen molar-refractivity contribution in [1.29, 1.82) is 0 Å². The summed E-state index contributed by atoms with van der Waals surface area (Å²) in [6.07, 6.45) is 1.27. The summed E-state index contributed by atoms with van der Waals surface area (Å²) in [7, 11) is 3.05. The average molecular weight is 427 g/mol. The van der Waals surface area contributed by atoms with Crippen LogP contribution in [-0.2, 0) is 11.2 Å². The van der Waals surface area contributed by atoms with E-state index in [1.54, 1.807) is 25.1 Å². The number of hydrogen-bond acceptors (Lipinski definition) is 6. The Balaban J connectivity index is 2.10. The fourth-order valence-electron chi connectivity index (χ4n) is 2.38. The summed E-state index contributed by atoms with van der Waals surface area (Å²) in [5.41, 5.74) is 3.23.